The van der Waals surface area contributed by atoms with Gasteiger partial charge in [0.15, 0.2) is 6.73 Å². The molecule has 2 aliphatic rings. The van der Waals surface area contributed by atoms with Crippen molar-refractivity contribution in [3.8, 4) is 51.6 Å². The molecule has 3 aromatic heterocycles. The van der Waals surface area contributed by atoms with Crippen molar-refractivity contribution >= 4 is 0 Å². The number of fused-ring (bicyclic) bond motifs is 3. The summed E-state index contributed by atoms with van der Waals surface area (Å²) in [7, 11) is 0. The maximum absolute atomic E-state index is 9.00. The number of aromatic nitrogens is 5. The number of piperazine rings is 1. The lowest BCUT2D eigenvalue weighted by Gasteiger charge is -2.33. The molecular weight excluding hydrogens is 516 g/mol. The van der Waals surface area contributed by atoms with Crippen molar-refractivity contribution < 1.29 is 9.57 Å². The monoisotopic (exact) mass is 542 g/mol. The Labute approximate surface area is 237 Å². The highest BCUT2D eigenvalue weighted by Crippen LogP contribution is 2.41. The molecule has 41 heavy (non-hydrogen) atoms. The number of imidazole rings is 1. The van der Waals surface area contributed by atoms with Gasteiger partial charge in [-0.25, -0.2) is 9.97 Å². The molecule has 0 radical (unpaired) electrons. The van der Waals surface area contributed by atoms with Gasteiger partial charge in [0.05, 0.1) is 17.0 Å². The maximum Gasteiger partial charge on any atom is 0.242 e. The van der Waals surface area contributed by atoms with E-state index in [1.54, 1.807) is 12.3 Å². The van der Waals surface area contributed by atoms with Crippen LogP contribution >= 0.6 is 0 Å². The minimum atomic E-state index is 0.103. The minimum Gasteiger partial charge on any atom is -0.472 e. The molecule has 0 aliphatic carbocycles. The van der Waals surface area contributed by atoms with Gasteiger partial charge < -0.3 is 9.57 Å². The number of hydrogen-bond acceptors (Lipinski definition) is 9. The summed E-state index contributed by atoms with van der Waals surface area (Å²) in [5, 5.41) is 10.9. The van der Waals surface area contributed by atoms with E-state index in [1.807, 2.05) is 41.6 Å². The summed E-state index contributed by atoms with van der Waals surface area (Å²) in [6, 6.07) is 24.5. The zero-order valence-corrected chi connectivity index (χ0v) is 22.2. The Morgan fingerprint density at radius 3 is 2.51 bits per heavy atom. The van der Waals surface area contributed by atoms with Crippen LogP contribution in [0.2, 0.25) is 0 Å². The van der Waals surface area contributed by atoms with Gasteiger partial charge in [-0.15, -0.1) is 5.06 Å². The second-order valence-corrected chi connectivity index (χ2v) is 9.90. The third kappa shape index (κ3) is 5.00. The second kappa shape index (κ2) is 10.8. The second-order valence-electron chi connectivity index (χ2n) is 9.90. The average Bonchev–Trinajstić information content (AvgIpc) is 3.43. The number of nitrogens with zero attached hydrogens (tertiary/aromatic N) is 8. The molecule has 7 rings (SSSR count). The molecule has 1 saturated heterocycles. The van der Waals surface area contributed by atoms with Crippen molar-refractivity contribution in [1.82, 2.24) is 34.5 Å². The third-order valence-electron chi connectivity index (χ3n) is 7.30. The zero-order valence-electron chi connectivity index (χ0n) is 22.2. The molecule has 0 saturated carbocycles. The van der Waals surface area contributed by atoms with Gasteiger partial charge >= 0.3 is 0 Å². The SMILES string of the molecule is N#Cc1nccc(ON2CCN(Cc3ccc(-c4nc5n(c4-c4ccccc4)COc4ccncc4-5)cc3)CC2)n1. The molecule has 10 nitrogen and oxygen atoms in total. The number of hydrogen-bond donors (Lipinski definition) is 0. The molecule has 0 unspecified atom stereocenters. The van der Waals surface area contributed by atoms with Gasteiger partial charge in [0, 0.05) is 68.5 Å². The molecule has 0 amide bonds. The summed E-state index contributed by atoms with van der Waals surface area (Å²) in [6.07, 6.45) is 5.09. The standard InChI is InChI=1S/C31H26N8O2/c32-18-27-34-13-11-28(35-27)41-38-16-14-37(15-17-38)20-22-6-8-23(9-7-22)29-30(24-4-2-1-3-5-24)39-21-40-26-10-12-33-19-25(26)31(39)36-29/h1-13,19H,14-17,20-21H2. The summed E-state index contributed by atoms with van der Waals surface area (Å²) in [4.78, 5) is 25.7. The maximum atomic E-state index is 9.00. The molecule has 0 spiro atoms. The van der Waals surface area contributed by atoms with E-state index < -0.39 is 0 Å². The Morgan fingerprint density at radius 1 is 0.878 bits per heavy atom. The Balaban J connectivity index is 1.08. The molecule has 0 bridgehead atoms. The van der Waals surface area contributed by atoms with Crippen LogP contribution in [0.4, 0.5) is 0 Å². The lowest BCUT2D eigenvalue weighted by molar-refractivity contribution is -0.0930. The highest BCUT2D eigenvalue weighted by atomic mass is 16.7. The van der Waals surface area contributed by atoms with Crippen LogP contribution in [-0.2, 0) is 13.3 Å². The normalized spacial score (nSPS) is 14.9. The molecule has 5 heterocycles. The number of benzene rings is 2. The largest absolute Gasteiger partial charge is 0.472 e. The van der Waals surface area contributed by atoms with E-state index in [2.05, 4.69) is 60.8 Å². The van der Waals surface area contributed by atoms with Crippen molar-refractivity contribution in [2.75, 3.05) is 26.2 Å². The molecule has 10 heteroatoms. The van der Waals surface area contributed by atoms with E-state index in [0.29, 0.717) is 12.6 Å². The topological polar surface area (TPSA) is 105 Å². The Bertz CT molecular complexity index is 1720. The summed E-state index contributed by atoms with van der Waals surface area (Å²) < 4.78 is 8.19. The zero-order chi connectivity index (χ0) is 27.6. The molecule has 2 aromatic carbocycles. The smallest absolute Gasteiger partial charge is 0.242 e. The van der Waals surface area contributed by atoms with Gasteiger partial charge in [-0.3, -0.25) is 14.5 Å². The van der Waals surface area contributed by atoms with E-state index in [-0.39, 0.29) is 5.82 Å². The number of nitriles is 1. The van der Waals surface area contributed by atoms with Crippen molar-refractivity contribution in [2.24, 2.45) is 0 Å². The van der Waals surface area contributed by atoms with E-state index >= 15 is 0 Å². The first kappa shape index (κ1) is 24.9. The highest BCUT2D eigenvalue weighted by Gasteiger charge is 2.26. The number of ether oxygens (including phenoxy) is 1. The highest BCUT2D eigenvalue weighted by molar-refractivity contribution is 5.83. The van der Waals surface area contributed by atoms with Gasteiger partial charge in [0.1, 0.15) is 17.6 Å². The van der Waals surface area contributed by atoms with Crippen LogP contribution in [-0.4, -0.2) is 60.6 Å². The minimum absolute atomic E-state index is 0.103. The third-order valence-corrected chi connectivity index (χ3v) is 7.30. The number of rotatable bonds is 6. The Morgan fingerprint density at radius 2 is 1.71 bits per heavy atom. The van der Waals surface area contributed by atoms with Crippen molar-refractivity contribution in [1.29, 1.82) is 5.26 Å². The average molecular weight is 543 g/mol. The fourth-order valence-corrected chi connectivity index (χ4v) is 5.27. The van der Waals surface area contributed by atoms with E-state index in [4.69, 9.17) is 19.8 Å². The first-order chi connectivity index (χ1) is 20.2. The Hall–Kier alpha value is -5.11. The molecule has 202 valence electrons. The molecular formula is C31H26N8O2. The van der Waals surface area contributed by atoms with Crippen molar-refractivity contribution in [3.63, 3.8) is 0 Å². The predicted octanol–water partition coefficient (Wildman–Crippen LogP) is 4.40. The van der Waals surface area contributed by atoms with Crippen LogP contribution < -0.4 is 9.57 Å². The van der Waals surface area contributed by atoms with Gasteiger partial charge in [-0.05, 0) is 11.6 Å². The lowest BCUT2D eigenvalue weighted by atomic mass is 10.0. The molecule has 0 N–H and O–H groups in total. The van der Waals surface area contributed by atoms with E-state index in [9.17, 15) is 0 Å². The first-order valence-corrected chi connectivity index (χ1v) is 13.5. The summed E-state index contributed by atoms with van der Waals surface area (Å²) >= 11 is 0. The van der Waals surface area contributed by atoms with Crippen LogP contribution in [0.1, 0.15) is 11.4 Å². The van der Waals surface area contributed by atoms with Gasteiger partial charge in [-0.1, -0.05) is 54.6 Å². The first-order valence-electron chi connectivity index (χ1n) is 13.5. The van der Waals surface area contributed by atoms with Crippen LogP contribution in [0.5, 0.6) is 11.6 Å². The van der Waals surface area contributed by atoms with Crippen LogP contribution in [0, 0.1) is 11.3 Å². The van der Waals surface area contributed by atoms with Crippen molar-refractivity contribution in [2.45, 2.75) is 13.3 Å². The quantitative estimate of drug-likeness (QED) is 0.309. The molecule has 5 aromatic rings. The van der Waals surface area contributed by atoms with E-state index in [1.165, 1.54) is 11.8 Å². The van der Waals surface area contributed by atoms with Crippen LogP contribution in [0.3, 0.4) is 0 Å². The molecule has 2 aliphatic heterocycles. The summed E-state index contributed by atoms with van der Waals surface area (Å²) in [6.45, 7) is 4.44. The molecule has 0 atom stereocenters. The number of pyridine rings is 1. The summed E-state index contributed by atoms with van der Waals surface area (Å²) in [5.74, 6) is 2.16. The van der Waals surface area contributed by atoms with Gasteiger partial charge in [-0.2, -0.15) is 10.2 Å². The van der Waals surface area contributed by atoms with Gasteiger partial charge in [0.2, 0.25) is 11.7 Å². The Kier molecular flexibility index (Phi) is 6.56. The van der Waals surface area contributed by atoms with Gasteiger partial charge in [0.25, 0.3) is 0 Å². The van der Waals surface area contributed by atoms with Crippen LogP contribution in [0.25, 0.3) is 33.9 Å². The summed E-state index contributed by atoms with van der Waals surface area (Å²) in [5.41, 5.74) is 6.23. The predicted molar refractivity (Wildman–Crippen MR) is 151 cm³/mol. The van der Waals surface area contributed by atoms with Crippen LogP contribution in [0.15, 0.2) is 85.3 Å². The molecule has 1 fully saturated rings. The van der Waals surface area contributed by atoms with Crippen molar-refractivity contribution in [3.05, 3.63) is 96.7 Å². The fourth-order valence-electron chi connectivity index (χ4n) is 5.27. The lowest BCUT2D eigenvalue weighted by Crippen LogP contribution is -2.47. The number of hydroxylamine groups is 2. The van der Waals surface area contributed by atoms with E-state index in [0.717, 1.165) is 72.4 Å². The fraction of sp³-hybridized carbons (Fsp3) is 0.194.